The van der Waals surface area contributed by atoms with Crippen molar-refractivity contribution in [1.29, 1.82) is 0 Å². The first kappa shape index (κ1) is 14.8. The Bertz CT molecular complexity index is 288. The number of ether oxygens (including phenoxy) is 1. The second-order valence-electron chi connectivity index (χ2n) is 4.45. The number of rotatable bonds is 5. The number of amides is 2. The molecular weight excluding hydrogens is 236 g/mol. The van der Waals surface area contributed by atoms with Gasteiger partial charge in [0, 0.05) is 33.3 Å². The van der Waals surface area contributed by atoms with Crippen molar-refractivity contribution < 1.29 is 19.4 Å². The van der Waals surface area contributed by atoms with Crippen LogP contribution in [0.3, 0.4) is 0 Å². The van der Waals surface area contributed by atoms with E-state index in [1.807, 2.05) is 6.92 Å². The summed E-state index contributed by atoms with van der Waals surface area (Å²) in [6, 6.07) is -0.0154. The van der Waals surface area contributed by atoms with Crippen LogP contribution in [0.5, 0.6) is 0 Å². The fourth-order valence-corrected chi connectivity index (χ4v) is 2.11. The average molecular weight is 258 g/mol. The molecule has 0 unspecified atom stereocenters. The molecule has 0 spiro atoms. The number of aliphatic carboxylic acids is 1. The van der Waals surface area contributed by atoms with Crippen LogP contribution in [0.15, 0.2) is 0 Å². The highest BCUT2D eigenvalue weighted by Crippen LogP contribution is 2.18. The monoisotopic (exact) mass is 258 g/mol. The van der Waals surface area contributed by atoms with Gasteiger partial charge in [0.05, 0.1) is 12.5 Å². The molecule has 0 bridgehead atoms. The van der Waals surface area contributed by atoms with E-state index in [9.17, 15) is 9.59 Å². The van der Waals surface area contributed by atoms with Crippen LogP contribution in [0.4, 0.5) is 4.79 Å². The number of likely N-dealkylation sites (N-methyl/N-ethyl adjacent to an activating group) is 1. The van der Waals surface area contributed by atoms with Gasteiger partial charge < -0.3 is 19.6 Å². The van der Waals surface area contributed by atoms with Crippen molar-refractivity contribution in [3.8, 4) is 0 Å². The van der Waals surface area contributed by atoms with Gasteiger partial charge in [0.15, 0.2) is 0 Å². The highest BCUT2D eigenvalue weighted by molar-refractivity contribution is 5.75. The molecule has 0 aliphatic carbocycles. The second kappa shape index (κ2) is 7.20. The maximum absolute atomic E-state index is 12.2. The highest BCUT2D eigenvalue weighted by Gasteiger charge is 2.28. The summed E-state index contributed by atoms with van der Waals surface area (Å²) < 4.78 is 4.97. The molecule has 0 radical (unpaired) electrons. The molecule has 1 aliphatic rings. The van der Waals surface area contributed by atoms with E-state index in [2.05, 4.69) is 0 Å². The molecule has 0 aromatic rings. The summed E-state index contributed by atoms with van der Waals surface area (Å²) in [4.78, 5) is 26.5. The first-order valence-corrected chi connectivity index (χ1v) is 6.35. The van der Waals surface area contributed by atoms with E-state index in [0.29, 0.717) is 45.6 Å². The van der Waals surface area contributed by atoms with Crippen molar-refractivity contribution in [3.05, 3.63) is 0 Å². The Labute approximate surface area is 107 Å². The number of methoxy groups -OCH3 is 1. The minimum absolute atomic E-state index is 0.0154. The maximum Gasteiger partial charge on any atom is 0.320 e. The van der Waals surface area contributed by atoms with Crippen LogP contribution < -0.4 is 0 Å². The number of likely N-dealkylation sites (tertiary alicyclic amines) is 1. The molecule has 0 atom stereocenters. The van der Waals surface area contributed by atoms with Crippen molar-refractivity contribution in [2.75, 3.05) is 39.9 Å². The van der Waals surface area contributed by atoms with Gasteiger partial charge in [-0.1, -0.05) is 0 Å². The lowest BCUT2D eigenvalue weighted by Gasteiger charge is -2.34. The standard InChI is InChI=1S/C12H22N2O4/c1-3-13(8-9-18-2)12(17)14-6-4-10(5-7-14)11(15)16/h10H,3-9H2,1-2H3,(H,15,16). The number of hydrogen-bond acceptors (Lipinski definition) is 3. The Balaban J connectivity index is 2.45. The minimum atomic E-state index is -0.756. The fourth-order valence-electron chi connectivity index (χ4n) is 2.11. The Morgan fingerprint density at radius 1 is 1.39 bits per heavy atom. The predicted molar refractivity (Wildman–Crippen MR) is 66.5 cm³/mol. The summed E-state index contributed by atoms with van der Waals surface area (Å²) >= 11 is 0. The van der Waals surface area contributed by atoms with Gasteiger partial charge in [-0.15, -0.1) is 0 Å². The van der Waals surface area contributed by atoms with E-state index in [1.54, 1.807) is 16.9 Å². The van der Waals surface area contributed by atoms with E-state index < -0.39 is 5.97 Å². The van der Waals surface area contributed by atoms with E-state index in [-0.39, 0.29) is 11.9 Å². The first-order valence-electron chi connectivity index (χ1n) is 6.35. The number of nitrogens with zero attached hydrogens (tertiary/aromatic N) is 2. The lowest BCUT2D eigenvalue weighted by Crippen LogP contribution is -2.48. The number of carboxylic acid groups (broad SMARTS) is 1. The van der Waals surface area contributed by atoms with Crippen molar-refractivity contribution >= 4 is 12.0 Å². The van der Waals surface area contributed by atoms with Crippen LogP contribution in [0.1, 0.15) is 19.8 Å². The van der Waals surface area contributed by atoms with Gasteiger partial charge in [0.25, 0.3) is 0 Å². The van der Waals surface area contributed by atoms with Gasteiger partial charge >= 0.3 is 12.0 Å². The number of hydrogen-bond donors (Lipinski definition) is 1. The third kappa shape index (κ3) is 3.87. The fraction of sp³-hybridized carbons (Fsp3) is 0.833. The predicted octanol–water partition coefficient (Wildman–Crippen LogP) is 0.871. The Kier molecular flexibility index (Phi) is 5.91. The molecule has 1 rings (SSSR count). The number of carbonyl (C=O) groups excluding carboxylic acids is 1. The number of piperidine rings is 1. The summed E-state index contributed by atoms with van der Waals surface area (Å²) in [7, 11) is 1.61. The molecule has 6 nitrogen and oxygen atoms in total. The maximum atomic E-state index is 12.2. The zero-order valence-corrected chi connectivity index (χ0v) is 11.1. The molecule has 1 fully saturated rings. The van der Waals surface area contributed by atoms with Crippen molar-refractivity contribution in [3.63, 3.8) is 0 Å². The van der Waals surface area contributed by atoms with Gasteiger partial charge in [0.1, 0.15) is 0 Å². The lowest BCUT2D eigenvalue weighted by molar-refractivity contribution is -0.143. The highest BCUT2D eigenvalue weighted by atomic mass is 16.5. The van der Waals surface area contributed by atoms with E-state index in [0.717, 1.165) is 0 Å². The quantitative estimate of drug-likeness (QED) is 0.794. The Hall–Kier alpha value is -1.30. The van der Waals surface area contributed by atoms with Crippen LogP contribution in [0, 0.1) is 5.92 Å². The van der Waals surface area contributed by atoms with Crippen LogP contribution in [-0.4, -0.2) is 66.8 Å². The summed E-state index contributed by atoms with van der Waals surface area (Å²) in [6.45, 7) is 4.72. The van der Waals surface area contributed by atoms with Crippen molar-refractivity contribution in [2.45, 2.75) is 19.8 Å². The van der Waals surface area contributed by atoms with E-state index >= 15 is 0 Å². The van der Waals surface area contributed by atoms with Gasteiger partial charge in [0.2, 0.25) is 0 Å². The van der Waals surface area contributed by atoms with E-state index in [4.69, 9.17) is 9.84 Å². The Morgan fingerprint density at radius 2 is 2.00 bits per heavy atom. The molecule has 0 saturated carbocycles. The molecular formula is C12H22N2O4. The van der Waals surface area contributed by atoms with E-state index in [1.165, 1.54) is 0 Å². The molecule has 1 aliphatic heterocycles. The molecule has 104 valence electrons. The van der Waals surface area contributed by atoms with Crippen LogP contribution >= 0.6 is 0 Å². The van der Waals surface area contributed by atoms with Crippen molar-refractivity contribution in [1.82, 2.24) is 9.80 Å². The molecule has 1 saturated heterocycles. The molecule has 1 heterocycles. The van der Waals surface area contributed by atoms with Gasteiger partial charge in [-0.25, -0.2) is 4.79 Å². The summed E-state index contributed by atoms with van der Waals surface area (Å²) in [5, 5.41) is 8.90. The number of carbonyl (C=O) groups is 2. The zero-order chi connectivity index (χ0) is 13.5. The average Bonchev–Trinajstić information content (AvgIpc) is 2.39. The number of urea groups is 1. The second-order valence-corrected chi connectivity index (χ2v) is 4.45. The van der Waals surface area contributed by atoms with Crippen LogP contribution in [-0.2, 0) is 9.53 Å². The van der Waals surface area contributed by atoms with Gasteiger partial charge in [-0.2, -0.15) is 0 Å². The SMILES string of the molecule is CCN(CCOC)C(=O)N1CCC(C(=O)O)CC1. The number of carboxylic acids is 1. The topological polar surface area (TPSA) is 70.1 Å². The van der Waals surface area contributed by atoms with Crippen LogP contribution in [0.25, 0.3) is 0 Å². The molecule has 0 aromatic heterocycles. The third-order valence-electron chi connectivity index (χ3n) is 3.33. The summed E-state index contributed by atoms with van der Waals surface area (Å²) in [5.74, 6) is -1.06. The lowest BCUT2D eigenvalue weighted by atomic mass is 9.97. The van der Waals surface area contributed by atoms with Gasteiger partial charge in [-0.3, -0.25) is 4.79 Å². The molecule has 18 heavy (non-hydrogen) atoms. The smallest absolute Gasteiger partial charge is 0.320 e. The molecule has 2 amide bonds. The normalized spacial score (nSPS) is 16.7. The summed E-state index contributed by atoms with van der Waals surface area (Å²) in [6.07, 6.45) is 1.09. The molecule has 6 heteroatoms. The van der Waals surface area contributed by atoms with Crippen molar-refractivity contribution in [2.24, 2.45) is 5.92 Å². The molecule has 0 aromatic carbocycles. The third-order valence-corrected chi connectivity index (χ3v) is 3.33. The Morgan fingerprint density at radius 3 is 2.44 bits per heavy atom. The van der Waals surface area contributed by atoms with Gasteiger partial charge in [-0.05, 0) is 19.8 Å². The largest absolute Gasteiger partial charge is 0.481 e. The first-order chi connectivity index (χ1) is 8.60. The zero-order valence-electron chi connectivity index (χ0n) is 11.1. The summed E-state index contributed by atoms with van der Waals surface area (Å²) in [5.41, 5.74) is 0. The minimum Gasteiger partial charge on any atom is -0.481 e. The van der Waals surface area contributed by atoms with Crippen LogP contribution in [0.2, 0.25) is 0 Å². The molecule has 1 N–H and O–H groups in total.